The van der Waals surface area contributed by atoms with Crippen LogP contribution in [-0.2, 0) is 0 Å². The third kappa shape index (κ3) is 5.50. The normalized spacial score (nSPS) is 24.4. The van der Waals surface area contributed by atoms with E-state index in [1.54, 1.807) is 6.92 Å². The Bertz CT molecular complexity index is 1940. The van der Waals surface area contributed by atoms with E-state index >= 15 is 4.39 Å². The van der Waals surface area contributed by atoms with Crippen molar-refractivity contribution in [2.24, 2.45) is 11.3 Å². The van der Waals surface area contributed by atoms with Crippen LogP contribution in [0.4, 0.5) is 23.4 Å². The number of methoxy groups -OCH3 is 1. The number of likely N-dealkylation sites (tertiary alicyclic amines) is 1. The van der Waals surface area contributed by atoms with Crippen molar-refractivity contribution in [1.82, 2.24) is 25.2 Å². The van der Waals surface area contributed by atoms with Crippen molar-refractivity contribution in [1.29, 1.82) is 0 Å². The molecule has 0 aliphatic carbocycles. The van der Waals surface area contributed by atoms with Gasteiger partial charge in [0.25, 0.3) is 0 Å². The highest BCUT2D eigenvalue weighted by molar-refractivity contribution is 6.04. The van der Waals surface area contributed by atoms with Gasteiger partial charge in [-0.05, 0) is 56.4 Å². The summed E-state index contributed by atoms with van der Waals surface area (Å²) in [4.78, 5) is 17.8. The van der Waals surface area contributed by atoms with Gasteiger partial charge in [0.15, 0.2) is 5.82 Å². The van der Waals surface area contributed by atoms with Crippen LogP contribution in [0.2, 0.25) is 0 Å². The van der Waals surface area contributed by atoms with E-state index in [9.17, 15) is 18.3 Å². The summed E-state index contributed by atoms with van der Waals surface area (Å²) in [6, 6.07) is 5.49. The zero-order chi connectivity index (χ0) is 33.9. The zero-order valence-corrected chi connectivity index (χ0v) is 26.9. The van der Waals surface area contributed by atoms with Crippen LogP contribution < -0.4 is 19.7 Å². The van der Waals surface area contributed by atoms with Crippen molar-refractivity contribution >= 4 is 27.5 Å². The molecule has 9 nitrogen and oxygen atoms in total. The Balaban J connectivity index is 1.42. The monoisotopic (exact) mass is 664 g/mol. The van der Waals surface area contributed by atoms with Crippen molar-refractivity contribution in [3.8, 4) is 41.2 Å². The van der Waals surface area contributed by atoms with E-state index < -0.39 is 29.4 Å². The molecule has 2 aromatic heterocycles. The number of alkyl halides is 2. The summed E-state index contributed by atoms with van der Waals surface area (Å²) >= 11 is 0. The molecule has 0 radical (unpaired) electrons. The number of piperidine rings is 1. The number of terminal acetylenes is 1. The summed E-state index contributed by atoms with van der Waals surface area (Å²) in [5.74, 6) is -0.0229. The molecule has 0 amide bonds. The first-order chi connectivity index (χ1) is 23.0. The summed E-state index contributed by atoms with van der Waals surface area (Å²) in [5.41, 5.74) is -1.48. The molecular formula is C35H36F4N6O3. The Morgan fingerprint density at radius 1 is 1.10 bits per heavy atom. The van der Waals surface area contributed by atoms with Crippen LogP contribution in [0.1, 0.15) is 31.7 Å². The smallest absolute Gasteiger partial charge is 0.319 e. The van der Waals surface area contributed by atoms with E-state index in [0.29, 0.717) is 43.8 Å². The van der Waals surface area contributed by atoms with E-state index in [-0.39, 0.29) is 69.4 Å². The van der Waals surface area contributed by atoms with Gasteiger partial charge in [-0.3, -0.25) is 0 Å². The average Bonchev–Trinajstić information content (AvgIpc) is 3.40. The molecule has 0 spiro atoms. The number of ether oxygens (including phenoxy) is 2. The van der Waals surface area contributed by atoms with Gasteiger partial charge in [-0.2, -0.15) is 9.97 Å². The second kappa shape index (κ2) is 12.2. The number of phenolic OH excluding ortho intramolecular Hbond substituents is 1. The number of fused-ring (bicyclic) bond motifs is 4. The van der Waals surface area contributed by atoms with Gasteiger partial charge in [-0.25, -0.2) is 22.5 Å². The maximum atomic E-state index is 17.0. The first-order valence-corrected chi connectivity index (χ1v) is 16.0. The van der Waals surface area contributed by atoms with E-state index in [2.05, 4.69) is 21.2 Å². The molecule has 4 aromatic rings. The van der Waals surface area contributed by atoms with Crippen LogP contribution >= 0.6 is 0 Å². The summed E-state index contributed by atoms with van der Waals surface area (Å²) in [6.07, 6.45) is 5.40. The van der Waals surface area contributed by atoms with Crippen LogP contribution in [0.3, 0.4) is 0 Å². The highest BCUT2D eigenvalue weighted by Gasteiger charge is 2.45. The zero-order valence-electron chi connectivity index (χ0n) is 26.9. The van der Waals surface area contributed by atoms with E-state index in [0.717, 1.165) is 12.8 Å². The van der Waals surface area contributed by atoms with Gasteiger partial charge in [-0.1, -0.05) is 18.9 Å². The van der Waals surface area contributed by atoms with E-state index in [4.69, 9.17) is 20.9 Å². The first kappa shape index (κ1) is 32.2. The lowest BCUT2D eigenvalue weighted by Crippen LogP contribution is -2.51. The molecule has 13 heteroatoms. The second-order valence-electron chi connectivity index (χ2n) is 13.4. The maximum Gasteiger partial charge on any atom is 0.319 e. The van der Waals surface area contributed by atoms with Gasteiger partial charge in [0.1, 0.15) is 34.0 Å². The van der Waals surface area contributed by atoms with Crippen molar-refractivity contribution in [3.63, 3.8) is 0 Å². The van der Waals surface area contributed by atoms with Crippen molar-refractivity contribution in [3.05, 3.63) is 41.5 Å². The van der Waals surface area contributed by atoms with Crippen LogP contribution in [0, 0.1) is 35.3 Å². The molecule has 3 fully saturated rings. The SMILES string of the molecule is C#Cc1c(F)ccc2cc(O)cc(-c3nc(OC)c4c(N5C[C@H]6CC[C@@H](C5)N6)nc(OC[C@]5(C)CN(C)CC[C@@H]5C(F)F)nc4c3F)c12. The van der Waals surface area contributed by atoms with E-state index in [1.807, 2.05) is 16.8 Å². The third-order valence-electron chi connectivity index (χ3n) is 10.1. The molecule has 2 aromatic carbocycles. The fourth-order valence-electron chi connectivity index (χ4n) is 7.78. The highest BCUT2D eigenvalue weighted by Crippen LogP contribution is 2.43. The lowest BCUT2D eigenvalue weighted by Gasteiger charge is -2.44. The fraction of sp³-hybridized carbons (Fsp3) is 0.457. The number of hydrogen-bond donors (Lipinski definition) is 2. The quantitative estimate of drug-likeness (QED) is 0.200. The van der Waals surface area contributed by atoms with Crippen molar-refractivity contribution < 1.29 is 32.1 Å². The molecule has 3 aliphatic heterocycles. The number of rotatable bonds is 7. The fourth-order valence-corrected chi connectivity index (χ4v) is 7.78. The first-order valence-electron chi connectivity index (χ1n) is 16.0. The van der Waals surface area contributed by atoms with Crippen LogP contribution in [-0.4, -0.2) is 90.4 Å². The molecule has 7 rings (SSSR count). The minimum absolute atomic E-state index is 0.00242. The third-order valence-corrected chi connectivity index (χ3v) is 10.1. The summed E-state index contributed by atoms with van der Waals surface area (Å²) in [5, 5.41) is 14.9. The minimum atomic E-state index is -2.54. The number of pyridine rings is 1. The maximum absolute atomic E-state index is 17.0. The second-order valence-corrected chi connectivity index (χ2v) is 13.4. The van der Waals surface area contributed by atoms with Gasteiger partial charge >= 0.3 is 6.01 Å². The highest BCUT2D eigenvalue weighted by atomic mass is 19.3. The molecule has 2 N–H and O–H groups in total. The summed E-state index contributed by atoms with van der Waals surface area (Å²) in [7, 11) is 3.26. The number of piperazine rings is 1. The topological polar surface area (TPSA) is 95.9 Å². The average molecular weight is 665 g/mol. The lowest BCUT2D eigenvalue weighted by molar-refractivity contribution is -0.0679. The summed E-state index contributed by atoms with van der Waals surface area (Å²) in [6.45, 7) is 3.71. The molecule has 3 aliphatic rings. The number of benzene rings is 2. The van der Waals surface area contributed by atoms with Gasteiger partial charge in [0, 0.05) is 54.0 Å². The molecule has 2 bridgehead atoms. The predicted molar refractivity (Wildman–Crippen MR) is 174 cm³/mol. The predicted octanol–water partition coefficient (Wildman–Crippen LogP) is 5.36. The van der Waals surface area contributed by atoms with Gasteiger partial charge in [0.2, 0.25) is 12.3 Å². The standard InChI is InChI=1S/C35H36F4N6O3/c1-5-22-25(36)9-6-18-12-21(46)13-23(26(18)22)29-28(37)30-27(33(41-29)47-4)32(45-14-19-7-8-20(15-45)40-19)43-34(42-30)48-17-35(2)16-44(3)11-10-24(35)31(38)39/h1,6,9,12-13,19-20,24,31,40,46H,7-8,10-11,14-17H2,2-4H3/t19-,20+,24-,35+/m1/s1. The van der Waals surface area contributed by atoms with Gasteiger partial charge < -0.3 is 29.7 Å². The molecule has 0 unspecified atom stereocenters. The van der Waals surface area contributed by atoms with Crippen LogP contribution in [0.25, 0.3) is 32.9 Å². The molecule has 48 heavy (non-hydrogen) atoms. The van der Waals surface area contributed by atoms with Gasteiger partial charge in [0.05, 0.1) is 19.3 Å². The number of anilines is 1. The Morgan fingerprint density at radius 2 is 1.85 bits per heavy atom. The summed E-state index contributed by atoms with van der Waals surface area (Å²) < 4.78 is 72.2. The van der Waals surface area contributed by atoms with Crippen LogP contribution in [0.5, 0.6) is 17.6 Å². The van der Waals surface area contributed by atoms with Gasteiger partial charge in [-0.15, -0.1) is 6.42 Å². The molecule has 3 saturated heterocycles. The minimum Gasteiger partial charge on any atom is -0.508 e. The number of aromatic nitrogens is 3. The number of aromatic hydroxyl groups is 1. The Morgan fingerprint density at radius 3 is 2.54 bits per heavy atom. The Hall–Kier alpha value is -4.41. The van der Waals surface area contributed by atoms with Crippen molar-refractivity contribution in [2.45, 2.75) is 44.7 Å². The number of hydrogen-bond acceptors (Lipinski definition) is 9. The Kier molecular flexibility index (Phi) is 8.20. The number of halogens is 4. The van der Waals surface area contributed by atoms with Crippen LogP contribution in [0.15, 0.2) is 24.3 Å². The Labute approximate surface area is 275 Å². The number of nitrogens with zero attached hydrogens (tertiary/aromatic N) is 5. The molecule has 0 saturated carbocycles. The number of nitrogens with one attached hydrogen (secondary N) is 1. The molecule has 252 valence electrons. The molecule has 5 heterocycles. The van der Waals surface area contributed by atoms with E-state index in [1.165, 1.54) is 31.4 Å². The number of phenols is 1. The molecule has 4 atom stereocenters. The van der Waals surface area contributed by atoms with Crippen molar-refractivity contribution in [2.75, 3.05) is 51.8 Å². The largest absolute Gasteiger partial charge is 0.508 e. The lowest BCUT2D eigenvalue weighted by atomic mass is 9.73. The molecular weight excluding hydrogens is 628 g/mol.